The van der Waals surface area contributed by atoms with Crippen LogP contribution >= 0.6 is 11.6 Å². The third-order valence-corrected chi connectivity index (χ3v) is 3.38. The third-order valence-electron chi connectivity index (χ3n) is 2.98. The Morgan fingerprint density at radius 3 is 3.06 bits per heavy atom. The molecule has 1 amide bonds. The van der Waals surface area contributed by atoms with Crippen LogP contribution in [0, 0.1) is 12.8 Å². The highest BCUT2D eigenvalue weighted by Crippen LogP contribution is 2.28. The molecule has 0 radical (unpaired) electrons. The number of carbonyl (C=O) groups excluding carboxylic acids is 1. The van der Waals surface area contributed by atoms with Gasteiger partial charge in [-0.05, 0) is 32.1 Å². The second-order valence-corrected chi connectivity index (χ2v) is 4.87. The van der Waals surface area contributed by atoms with Gasteiger partial charge in [-0.2, -0.15) is 0 Å². The molecule has 1 aromatic heterocycles. The van der Waals surface area contributed by atoms with Crippen LogP contribution in [0.5, 0.6) is 0 Å². The first-order valence-electron chi connectivity index (χ1n) is 5.49. The van der Waals surface area contributed by atoms with E-state index in [4.69, 9.17) is 16.0 Å². The molecule has 2 atom stereocenters. The fourth-order valence-corrected chi connectivity index (χ4v) is 2.41. The van der Waals surface area contributed by atoms with Crippen molar-refractivity contribution in [3.8, 4) is 0 Å². The lowest BCUT2D eigenvalue weighted by atomic mass is 10.1. The van der Waals surface area contributed by atoms with Crippen molar-refractivity contribution in [1.82, 2.24) is 10.3 Å². The van der Waals surface area contributed by atoms with Crippen molar-refractivity contribution in [1.29, 1.82) is 0 Å². The molecule has 88 valence electrons. The number of nitrogens with zero attached hydrogens (tertiary/aromatic N) is 1. The van der Waals surface area contributed by atoms with Gasteiger partial charge in [-0.15, -0.1) is 11.6 Å². The number of hydrogen-bond donors (Lipinski definition) is 1. The Balaban J connectivity index is 1.82. The fraction of sp³-hybridized carbons (Fsp3) is 0.636. The molecule has 1 aliphatic rings. The molecule has 1 N–H and O–H groups in total. The van der Waals surface area contributed by atoms with E-state index in [1.807, 2.05) is 0 Å². The Kier molecular flexibility index (Phi) is 3.49. The topological polar surface area (TPSA) is 55.1 Å². The summed E-state index contributed by atoms with van der Waals surface area (Å²) in [7, 11) is 0. The van der Waals surface area contributed by atoms with Crippen LogP contribution in [0.4, 0.5) is 0 Å². The number of carbonyl (C=O) groups is 1. The first-order valence-corrected chi connectivity index (χ1v) is 5.93. The highest BCUT2D eigenvalue weighted by molar-refractivity contribution is 6.20. The maximum atomic E-state index is 11.7. The van der Waals surface area contributed by atoms with E-state index < -0.39 is 0 Å². The van der Waals surface area contributed by atoms with Crippen molar-refractivity contribution >= 4 is 17.5 Å². The van der Waals surface area contributed by atoms with Gasteiger partial charge in [0, 0.05) is 11.9 Å². The Hall–Kier alpha value is -1.03. The highest BCUT2D eigenvalue weighted by Gasteiger charge is 2.24. The van der Waals surface area contributed by atoms with Crippen molar-refractivity contribution in [2.75, 3.05) is 6.54 Å². The van der Waals surface area contributed by atoms with Gasteiger partial charge in [0.15, 0.2) is 6.39 Å². The molecule has 0 aromatic carbocycles. The number of nitrogens with one attached hydrogen (secondary N) is 1. The number of aryl methyl sites for hydroxylation is 1. The van der Waals surface area contributed by atoms with E-state index in [-0.39, 0.29) is 11.3 Å². The average Bonchev–Trinajstić information content (AvgIpc) is 2.84. The van der Waals surface area contributed by atoms with Gasteiger partial charge in [-0.25, -0.2) is 4.98 Å². The molecular formula is C11H15ClN2O2. The van der Waals surface area contributed by atoms with Gasteiger partial charge in [0.05, 0.1) is 5.69 Å². The Bertz CT molecular complexity index is 378. The molecule has 0 bridgehead atoms. The van der Waals surface area contributed by atoms with E-state index in [0.29, 0.717) is 23.9 Å². The molecule has 4 nitrogen and oxygen atoms in total. The van der Waals surface area contributed by atoms with E-state index in [1.165, 1.54) is 6.39 Å². The summed E-state index contributed by atoms with van der Waals surface area (Å²) in [5.74, 6) is 0.614. The standard InChI is InChI=1S/C11H15ClN2O2/c1-7-10(16-6-14-7)11(15)13-5-8-2-3-9(12)4-8/h6,8-9H,2-5H2,1H3,(H,13,15). The molecule has 1 aliphatic carbocycles. The van der Waals surface area contributed by atoms with E-state index in [1.54, 1.807) is 6.92 Å². The van der Waals surface area contributed by atoms with Gasteiger partial charge in [0.25, 0.3) is 5.91 Å². The van der Waals surface area contributed by atoms with Crippen molar-refractivity contribution < 1.29 is 9.21 Å². The number of oxazole rings is 1. The van der Waals surface area contributed by atoms with E-state index in [9.17, 15) is 4.79 Å². The summed E-state index contributed by atoms with van der Waals surface area (Å²) in [6.07, 6.45) is 4.40. The zero-order chi connectivity index (χ0) is 11.5. The molecule has 16 heavy (non-hydrogen) atoms. The highest BCUT2D eigenvalue weighted by atomic mass is 35.5. The average molecular weight is 243 g/mol. The summed E-state index contributed by atoms with van der Waals surface area (Å²) in [6, 6.07) is 0. The van der Waals surface area contributed by atoms with Crippen molar-refractivity contribution in [2.45, 2.75) is 31.6 Å². The Labute approximate surface area is 99.4 Å². The molecule has 0 saturated heterocycles. The number of hydrogen-bond acceptors (Lipinski definition) is 3. The number of alkyl halides is 1. The Morgan fingerprint density at radius 1 is 1.69 bits per heavy atom. The second-order valence-electron chi connectivity index (χ2n) is 4.25. The van der Waals surface area contributed by atoms with Crippen LogP contribution in [0.25, 0.3) is 0 Å². The molecule has 1 aromatic rings. The molecule has 0 spiro atoms. The van der Waals surface area contributed by atoms with Crippen molar-refractivity contribution in [3.05, 3.63) is 17.8 Å². The van der Waals surface area contributed by atoms with Crippen molar-refractivity contribution in [2.24, 2.45) is 5.92 Å². The van der Waals surface area contributed by atoms with E-state index >= 15 is 0 Å². The largest absolute Gasteiger partial charge is 0.438 e. The SMILES string of the molecule is Cc1ncoc1C(=O)NCC1CCC(Cl)C1. The van der Waals surface area contributed by atoms with Crippen LogP contribution in [-0.2, 0) is 0 Å². The van der Waals surface area contributed by atoms with Crippen molar-refractivity contribution in [3.63, 3.8) is 0 Å². The molecule has 1 saturated carbocycles. The summed E-state index contributed by atoms with van der Waals surface area (Å²) in [4.78, 5) is 15.6. The summed E-state index contributed by atoms with van der Waals surface area (Å²) in [6.45, 7) is 2.42. The maximum Gasteiger partial charge on any atom is 0.289 e. The zero-order valence-corrected chi connectivity index (χ0v) is 9.96. The zero-order valence-electron chi connectivity index (χ0n) is 9.20. The monoisotopic (exact) mass is 242 g/mol. The van der Waals surface area contributed by atoms with Crippen LogP contribution < -0.4 is 5.32 Å². The number of rotatable bonds is 3. The molecule has 0 aliphatic heterocycles. The van der Waals surface area contributed by atoms with Gasteiger partial charge >= 0.3 is 0 Å². The normalized spacial score (nSPS) is 24.6. The van der Waals surface area contributed by atoms with Gasteiger partial charge in [0.2, 0.25) is 5.76 Å². The minimum atomic E-state index is -0.187. The summed E-state index contributed by atoms with van der Waals surface area (Å²) in [5, 5.41) is 3.13. The van der Waals surface area contributed by atoms with Gasteiger partial charge in [0.1, 0.15) is 0 Å². The second kappa shape index (κ2) is 4.87. The quantitative estimate of drug-likeness (QED) is 0.826. The lowest BCUT2D eigenvalue weighted by molar-refractivity contribution is 0.0919. The number of amides is 1. The van der Waals surface area contributed by atoms with Gasteiger partial charge in [-0.3, -0.25) is 4.79 Å². The molecular weight excluding hydrogens is 228 g/mol. The lowest BCUT2D eigenvalue weighted by Gasteiger charge is -2.09. The summed E-state index contributed by atoms with van der Waals surface area (Å²) in [5.41, 5.74) is 0.624. The van der Waals surface area contributed by atoms with Gasteiger partial charge in [-0.1, -0.05) is 0 Å². The minimum absolute atomic E-state index is 0.187. The number of halogens is 1. The van der Waals surface area contributed by atoms with Crippen LogP contribution in [0.2, 0.25) is 0 Å². The summed E-state index contributed by atoms with van der Waals surface area (Å²) < 4.78 is 5.01. The van der Waals surface area contributed by atoms with E-state index in [2.05, 4.69) is 10.3 Å². The van der Waals surface area contributed by atoms with Crippen LogP contribution in [0.3, 0.4) is 0 Å². The van der Waals surface area contributed by atoms with Crippen LogP contribution in [0.15, 0.2) is 10.8 Å². The molecule has 2 unspecified atom stereocenters. The maximum absolute atomic E-state index is 11.7. The molecule has 1 fully saturated rings. The Morgan fingerprint density at radius 2 is 2.50 bits per heavy atom. The molecule has 1 heterocycles. The van der Waals surface area contributed by atoms with Crippen LogP contribution in [-0.4, -0.2) is 22.8 Å². The summed E-state index contributed by atoms with van der Waals surface area (Å²) >= 11 is 6.01. The predicted molar refractivity (Wildman–Crippen MR) is 60.6 cm³/mol. The van der Waals surface area contributed by atoms with E-state index in [0.717, 1.165) is 19.3 Å². The fourth-order valence-electron chi connectivity index (χ4n) is 2.04. The molecule has 2 rings (SSSR count). The smallest absolute Gasteiger partial charge is 0.289 e. The lowest BCUT2D eigenvalue weighted by Crippen LogP contribution is -2.28. The predicted octanol–water partition coefficient (Wildman–Crippen LogP) is 2.12. The van der Waals surface area contributed by atoms with Gasteiger partial charge < -0.3 is 9.73 Å². The number of aromatic nitrogens is 1. The third kappa shape index (κ3) is 2.55. The first kappa shape index (κ1) is 11.5. The minimum Gasteiger partial charge on any atom is -0.438 e. The molecule has 5 heteroatoms. The first-order chi connectivity index (χ1) is 7.66. The van der Waals surface area contributed by atoms with Crippen LogP contribution in [0.1, 0.15) is 35.5 Å².